The lowest BCUT2D eigenvalue weighted by Crippen LogP contribution is -2.38. The average Bonchev–Trinajstić information content (AvgIpc) is 2.05. The van der Waals surface area contributed by atoms with Crippen molar-refractivity contribution in [1.29, 1.82) is 0 Å². The van der Waals surface area contributed by atoms with Gasteiger partial charge < -0.3 is 4.74 Å². The van der Waals surface area contributed by atoms with E-state index in [2.05, 4.69) is 20.1 Å². The van der Waals surface area contributed by atoms with Gasteiger partial charge in [0, 0.05) is 26.6 Å². The van der Waals surface area contributed by atoms with Crippen LogP contribution >= 0.6 is 0 Å². The molecule has 0 atom stereocenters. The van der Waals surface area contributed by atoms with E-state index in [1.807, 2.05) is 0 Å². The Hall–Kier alpha value is -0.610. The van der Waals surface area contributed by atoms with E-state index in [9.17, 15) is 8.42 Å². The minimum Gasteiger partial charge on any atom is -0.383 e. The Morgan fingerprint density at radius 1 is 1.38 bits per heavy atom. The Morgan fingerprint density at radius 2 is 2.00 bits per heavy atom. The van der Waals surface area contributed by atoms with E-state index >= 15 is 0 Å². The fourth-order valence-corrected chi connectivity index (χ4v) is 1.41. The molecule has 0 aliphatic carbocycles. The molecule has 0 aromatic carbocycles. The van der Waals surface area contributed by atoms with Crippen LogP contribution < -0.4 is 9.44 Å². The van der Waals surface area contributed by atoms with Gasteiger partial charge in [0.1, 0.15) is 0 Å². The Kier molecular flexibility index (Phi) is 6.54. The lowest BCUT2D eigenvalue weighted by atomic mass is 10.5. The highest BCUT2D eigenvalue weighted by Crippen LogP contribution is 1.78. The second-order valence-electron chi connectivity index (χ2n) is 2.24. The fraction of sp³-hybridized carbons (Fsp3) is 0.714. The van der Waals surface area contributed by atoms with Gasteiger partial charge in [-0.3, -0.25) is 0 Å². The van der Waals surface area contributed by atoms with E-state index < -0.39 is 10.2 Å². The monoisotopic (exact) mass is 206 g/mol. The van der Waals surface area contributed by atoms with E-state index in [0.29, 0.717) is 13.0 Å². The minimum atomic E-state index is -3.40. The summed E-state index contributed by atoms with van der Waals surface area (Å²) in [7, 11) is -1.90. The van der Waals surface area contributed by atoms with Crippen molar-refractivity contribution in [3.05, 3.63) is 0 Å². The van der Waals surface area contributed by atoms with Crippen LogP contribution in [0.4, 0.5) is 0 Å². The molecule has 0 amide bonds. The van der Waals surface area contributed by atoms with Gasteiger partial charge in [0.05, 0.1) is 6.61 Å². The lowest BCUT2D eigenvalue weighted by molar-refractivity contribution is 0.204. The van der Waals surface area contributed by atoms with Gasteiger partial charge in [0.2, 0.25) is 0 Å². The van der Waals surface area contributed by atoms with Gasteiger partial charge in [0.15, 0.2) is 0 Å². The van der Waals surface area contributed by atoms with Crippen LogP contribution in [0.3, 0.4) is 0 Å². The molecular formula is C7H14N2O3S. The summed E-state index contributed by atoms with van der Waals surface area (Å²) in [6, 6.07) is 0. The maximum absolute atomic E-state index is 11.0. The molecule has 0 spiro atoms. The van der Waals surface area contributed by atoms with Gasteiger partial charge in [-0.15, -0.1) is 12.3 Å². The molecular weight excluding hydrogens is 192 g/mol. The summed E-state index contributed by atoms with van der Waals surface area (Å²) in [5, 5.41) is 0. The van der Waals surface area contributed by atoms with Crippen LogP contribution in [0.25, 0.3) is 0 Å². The van der Waals surface area contributed by atoms with Crippen LogP contribution in [0.5, 0.6) is 0 Å². The summed E-state index contributed by atoms with van der Waals surface area (Å²) in [4.78, 5) is 0. The molecule has 0 radical (unpaired) electrons. The predicted octanol–water partition coefficient (Wildman–Crippen LogP) is -0.920. The minimum absolute atomic E-state index is 0.249. The molecule has 2 N–H and O–H groups in total. The summed E-state index contributed by atoms with van der Waals surface area (Å²) in [5.74, 6) is 2.33. The molecule has 5 nitrogen and oxygen atoms in total. The van der Waals surface area contributed by atoms with Crippen LogP contribution in [0.15, 0.2) is 0 Å². The van der Waals surface area contributed by atoms with E-state index in [1.54, 1.807) is 0 Å². The third kappa shape index (κ3) is 7.74. The first kappa shape index (κ1) is 12.4. The number of hydrogen-bond acceptors (Lipinski definition) is 3. The molecule has 76 valence electrons. The smallest absolute Gasteiger partial charge is 0.277 e. The number of rotatable bonds is 7. The van der Waals surface area contributed by atoms with Crippen molar-refractivity contribution in [2.45, 2.75) is 6.42 Å². The number of hydrogen-bond donors (Lipinski definition) is 2. The fourth-order valence-electron chi connectivity index (χ4n) is 0.587. The highest BCUT2D eigenvalue weighted by Gasteiger charge is 2.05. The van der Waals surface area contributed by atoms with Crippen molar-refractivity contribution in [1.82, 2.24) is 9.44 Å². The summed E-state index contributed by atoms with van der Waals surface area (Å²) >= 11 is 0. The first-order valence-electron chi connectivity index (χ1n) is 3.79. The third-order valence-electron chi connectivity index (χ3n) is 1.16. The SMILES string of the molecule is C#CCCNS(=O)(=O)NCCOC. The van der Waals surface area contributed by atoms with E-state index in [4.69, 9.17) is 6.42 Å². The summed E-state index contributed by atoms with van der Waals surface area (Å²) in [6.45, 7) is 0.844. The molecule has 0 aromatic heterocycles. The van der Waals surface area contributed by atoms with Crippen molar-refractivity contribution in [2.75, 3.05) is 26.8 Å². The lowest BCUT2D eigenvalue weighted by Gasteiger charge is -2.05. The molecule has 0 aliphatic heterocycles. The molecule has 6 heteroatoms. The summed E-state index contributed by atoms with van der Waals surface area (Å²) < 4.78 is 31.3. The van der Waals surface area contributed by atoms with Gasteiger partial charge in [-0.25, -0.2) is 4.72 Å². The molecule has 0 aromatic rings. The van der Waals surface area contributed by atoms with Crippen molar-refractivity contribution in [2.24, 2.45) is 0 Å². The zero-order valence-electron chi connectivity index (χ0n) is 7.54. The van der Waals surface area contributed by atoms with Crippen molar-refractivity contribution in [3.63, 3.8) is 0 Å². The van der Waals surface area contributed by atoms with Crippen LogP contribution in [-0.2, 0) is 14.9 Å². The highest BCUT2D eigenvalue weighted by molar-refractivity contribution is 7.87. The molecule has 0 unspecified atom stereocenters. The van der Waals surface area contributed by atoms with Gasteiger partial charge in [-0.2, -0.15) is 13.1 Å². The summed E-state index contributed by atoms with van der Waals surface area (Å²) in [6.07, 6.45) is 5.33. The molecule has 0 saturated carbocycles. The number of nitrogens with one attached hydrogen (secondary N) is 2. The standard InChI is InChI=1S/C7H14N2O3S/c1-3-4-5-8-13(10,11)9-6-7-12-2/h1,8-9H,4-7H2,2H3. The zero-order chi connectivity index (χ0) is 10.2. The topological polar surface area (TPSA) is 67.4 Å². The number of methoxy groups -OCH3 is 1. The first-order chi connectivity index (χ1) is 6.12. The third-order valence-corrected chi connectivity index (χ3v) is 2.33. The quantitative estimate of drug-likeness (QED) is 0.418. The maximum Gasteiger partial charge on any atom is 0.277 e. The first-order valence-corrected chi connectivity index (χ1v) is 5.27. The molecule has 0 bridgehead atoms. The maximum atomic E-state index is 11.0. The Balaban J connectivity index is 3.63. The van der Waals surface area contributed by atoms with E-state index in [1.165, 1.54) is 7.11 Å². The van der Waals surface area contributed by atoms with Crippen LogP contribution in [-0.4, -0.2) is 35.2 Å². The van der Waals surface area contributed by atoms with Gasteiger partial charge in [0.25, 0.3) is 10.2 Å². The molecule has 0 aliphatic rings. The second kappa shape index (κ2) is 6.86. The van der Waals surface area contributed by atoms with Crippen molar-refractivity contribution < 1.29 is 13.2 Å². The molecule has 0 rings (SSSR count). The average molecular weight is 206 g/mol. The van der Waals surface area contributed by atoms with Gasteiger partial charge in [-0.1, -0.05) is 0 Å². The largest absolute Gasteiger partial charge is 0.383 e. The van der Waals surface area contributed by atoms with Crippen LogP contribution in [0.2, 0.25) is 0 Å². The highest BCUT2D eigenvalue weighted by atomic mass is 32.2. The molecule has 0 heterocycles. The molecule has 0 saturated heterocycles. The Bertz CT molecular complexity index is 255. The molecule has 0 fully saturated rings. The van der Waals surface area contributed by atoms with Crippen LogP contribution in [0.1, 0.15) is 6.42 Å². The number of terminal acetylenes is 1. The zero-order valence-corrected chi connectivity index (χ0v) is 8.36. The number of ether oxygens (including phenoxy) is 1. The van der Waals surface area contributed by atoms with E-state index in [-0.39, 0.29) is 13.1 Å². The van der Waals surface area contributed by atoms with E-state index in [0.717, 1.165) is 0 Å². The Labute approximate surface area is 79.0 Å². The van der Waals surface area contributed by atoms with Gasteiger partial charge >= 0.3 is 0 Å². The van der Waals surface area contributed by atoms with Crippen molar-refractivity contribution >= 4 is 10.2 Å². The second-order valence-corrected chi connectivity index (χ2v) is 3.82. The van der Waals surface area contributed by atoms with Crippen molar-refractivity contribution in [3.8, 4) is 12.3 Å². The van der Waals surface area contributed by atoms with Gasteiger partial charge in [-0.05, 0) is 0 Å². The normalized spacial score (nSPS) is 11.1. The Morgan fingerprint density at radius 3 is 2.54 bits per heavy atom. The predicted molar refractivity (Wildman–Crippen MR) is 50.3 cm³/mol. The summed E-state index contributed by atoms with van der Waals surface area (Å²) in [5.41, 5.74) is 0. The molecule has 13 heavy (non-hydrogen) atoms. The van der Waals surface area contributed by atoms with Crippen LogP contribution in [0, 0.1) is 12.3 Å².